The SMILES string of the molecule is O=C(/C=C/c1ccc(Cl)c(Cl)c1)c1ccc2c(c1)OCO2. The minimum Gasteiger partial charge on any atom is -0.454 e. The van der Waals surface area contributed by atoms with E-state index < -0.39 is 0 Å². The summed E-state index contributed by atoms with van der Waals surface area (Å²) in [7, 11) is 0. The van der Waals surface area contributed by atoms with Gasteiger partial charge in [-0.25, -0.2) is 0 Å². The molecule has 2 aromatic carbocycles. The first-order valence-corrected chi connectivity index (χ1v) is 6.96. The Hall–Kier alpha value is -1.97. The predicted octanol–water partition coefficient (Wildman–Crippen LogP) is 4.62. The smallest absolute Gasteiger partial charge is 0.231 e. The molecule has 5 heteroatoms. The topological polar surface area (TPSA) is 35.5 Å². The molecule has 0 N–H and O–H groups in total. The molecule has 21 heavy (non-hydrogen) atoms. The number of benzene rings is 2. The lowest BCUT2D eigenvalue weighted by atomic mass is 10.1. The number of hydrogen-bond acceptors (Lipinski definition) is 3. The van der Waals surface area contributed by atoms with Gasteiger partial charge in [-0.1, -0.05) is 35.3 Å². The van der Waals surface area contributed by atoms with Gasteiger partial charge < -0.3 is 9.47 Å². The number of allylic oxidation sites excluding steroid dienone is 1. The van der Waals surface area contributed by atoms with Crippen LogP contribution in [0.1, 0.15) is 15.9 Å². The van der Waals surface area contributed by atoms with Crippen LogP contribution in [0.4, 0.5) is 0 Å². The molecule has 2 aromatic rings. The molecule has 0 aromatic heterocycles. The van der Waals surface area contributed by atoms with Gasteiger partial charge in [0.25, 0.3) is 0 Å². The van der Waals surface area contributed by atoms with Crippen molar-refractivity contribution in [2.75, 3.05) is 6.79 Å². The molecule has 0 bridgehead atoms. The van der Waals surface area contributed by atoms with Gasteiger partial charge in [-0.15, -0.1) is 0 Å². The van der Waals surface area contributed by atoms with E-state index in [1.807, 2.05) is 0 Å². The van der Waals surface area contributed by atoms with Crippen LogP contribution in [0.2, 0.25) is 10.0 Å². The van der Waals surface area contributed by atoms with Crippen molar-refractivity contribution in [3.05, 3.63) is 63.6 Å². The van der Waals surface area contributed by atoms with Gasteiger partial charge in [0.1, 0.15) is 0 Å². The monoisotopic (exact) mass is 320 g/mol. The highest BCUT2D eigenvalue weighted by Crippen LogP contribution is 2.32. The molecule has 0 saturated heterocycles. The summed E-state index contributed by atoms with van der Waals surface area (Å²) >= 11 is 11.8. The van der Waals surface area contributed by atoms with Crippen molar-refractivity contribution >= 4 is 35.1 Å². The van der Waals surface area contributed by atoms with Gasteiger partial charge in [0.2, 0.25) is 6.79 Å². The summed E-state index contributed by atoms with van der Waals surface area (Å²) in [5.41, 5.74) is 1.34. The minimum atomic E-state index is -0.126. The molecule has 3 nitrogen and oxygen atoms in total. The maximum Gasteiger partial charge on any atom is 0.231 e. The number of hydrogen-bond donors (Lipinski definition) is 0. The number of halogens is 2. The number of fused-ring (bicyclic) bond motifs is 1. The first-order chi connectivity index (χ1) is 10.1. The van der Waals surface area contributed by atoms with E-state index >= 15 is 0 Å². The second kappa shape index (κ2) is 5.80. The van der Waals surface area contributed by atoms with Gasteiger partial charge >= 0.3 is 0 Å². The fraction of sp³-hybridized carbons (Fsp3) is 0.0625. The average molecular weight is 321 g/mol. The van der Waals surface area contributed by atoms with E-state index in [-0.39, 0.29) is 12.6 Å². The van der Waals surface area contributed by atoms with Crippen molar-refractivity contribution in [1.29, 1.82) is 0 Å². The van der Waals surface area contributed by atoms with Crippen molar-refractivity contribution < 1.29 is 14.3 Å². The lowest BCUT2D eigenvalue weighted by Crippen LogP contribution is -1.94. The molecule has 0 fully saturated rings. The van der Waals surface area contributed by atoms with Gasteiger partial charge in [0, 0.05) is 5.56 Å². The van der Waals surface area contributed by atoms with Gasteiger partial charge in [-0.2, -0.15) is 0 Å². The van der Waals surface area contributed by atoms with E-state index in [2.05, 4.69) is 0 Å². The quantitative estimate of drug-likeness (QED) is 0.611. The van der Waals surface area contributed by atoms with Crippen LogP contribution in [0, 0.1) is 0 Å². The number of carbonyl (C=O) groups is 1. The molecule has 1 aliphatic rings. The number of rotatable bonds is 3. The fourth-order valence-corrected chi connectivity index (χ4v) is 2.24. The maximum absolute atomic E-state index is 12.1. The number of ether oxygens (including phenoxy) is 2. The molecule has 0 saturated carbocycles. The Morgan fingerprint density at radius 3 is 2.62 bits per heavy atom. The Labute approximate surface area is 131 Å². The molecule has 0 unspecified atom stereocenters. The zero-order chi connectivity index (χ0) is 14.8. The van der Waals surface area contributed by atoms with Crippen molar-refractivity contribution in [1.82, 2.24) is 0 Å². The lowest BCUT2D eigenvalue weighted by Gasteiger charge is -2.00. The number of ketones is 1. The third kappa shape index (κ3) is 3.04. The third-order valence-corrected chi connectivity index (χ3v) is 3.77. The highest BCUT2D eigenvalue weighted by Gasteiger charge is 2.15. The van der Waals surface area contributed by atoms with Crippen LogP contribution in [0.15, 0.2) is 42.5 Å². The Kier molecular flexibility index (Phi) is 3.86. The van der Waals surface area contributed by atoms with Gasteiger partial charge in [-0.3, -0.25) is 4.79 Å². The van der Waals surface area contributed by atoms with E-state index in [1.54, 1.807) is 42.5 Å². The molecule has 1 heterocycles. The summed E-state index contributed by atoms with van der Waals surface area (Å²) in [6, 6.07) is 10.3. The molecular formula is C16H10Cl2O3. The van der Waals surface area contributed by atoms with Crippen molar-refractivity contribution in [2.24, 2.45) is 0 Å². The maximum atomic E-state index is 12.1. The zero-order valence-electron chi connectivity index (χ0n) is 10.8. The Morgan fingerprint density at radius 1 is 1.00 bits per heavy atom. The summed E-state index contributed by atoms with van der Waals surface area (Å²) in [5, 5.41) is 0.935. The van der Waals surface area contributed by atoms with Crippen LogP contribution < -0.4 is 9.47 Å². The Morgan fingerprint density at radius 2 is 1.81 bits per heavy atom. The van der Waals surface area contributed by atoms with E-state index in [0.29, 0.717) is 27.1 Å². The van der Waals surface area contributed by atoms with E-state index in [4.69, 9.17) is 32.7 Å². The summed E-state index contributed by atoms with van der Waals surface area (Å²) in [5.74, 6) is 1.11. The average Bonchev–Trinajstić information content (AvgIpc) is 2.95. The third-order valence-electron chi connectivity index (χ3n) is 3.03. The van der Waals surface area contributed by atoms with Crippen molar-refractivity contribution in [2.45, 2.75) is 0 Å². The van der Waals surface area contributed by atoms with Crippen LogP contribution in [0.5, 0.6) is 11.5 Å². The second-order valence-corrected chi connectivity index (χ2v) is 5.25. The molecule has 1 aliphatic heterocycles. The van der Waals surface area contributed by atoms with Crippen LogP contribution in [0.25, 0.3) is 6.08 Å². The Bertz CT molecular complexity index is 738. The molecule has 0 amide bonds. The molecule has 106 valence electrons. The summed E-state index contributed by atoms with van der Waals surface area (Å²) in [6.45, 7) is 0.187. The molecule has 0 aliphatic carbocycles. The van der Waals surface area contributed by atoms with E-state index in [9.17, 15) is 4.79 Å². The first kappa shape index (κ1) is 14.0. The summed E-state index contributed by atoms with van der Waals surface area (Å²) in [4.78, 5) is 12.1. The van der Waals surface area contributed by atoms with Crippen molar-refractivity contribution in [3.8, 4) is 11.5 Å². The fourth-order valence-electron chi connectivity index (χ4n) is 1.93. The summed E-state index contributed by atoms with van der Waals surface area (Å²) < 4.78 is 10.5. The minimum absolute atomic E-state index is 0.126. The van der Waals surface area contributed by atoms with E-state index in [0.717, 1.165) is 5.56 Å². The Balaban J connectivity index is 1.79. The lowest BCUT2D eigenvalue weighted by molar-refractivity contribution is 0.104. The first-order valence-electron chi connectivity index (χ1n) is 6.20. The van der Waals surface area contributed by atoms with E-state index in [1.165, 1.54) is 6.08 Å². The second-order valence-electron chi connectivity index (χ2n) is 4.44. The van der Waals surface area contributed by atoms with Crippen molar-refractivity contribution in [3.63, 3.8) is 0 Å². The summed E-state index contributed by atoms with van der Waals surface area (Å²) in [6.07, 6.45) is 3.17. The van der Waals surface area contributed by atoms with Crippen LogP contribution in [-0.2, 0) is 0 Å². The largest absolute Gasteiger partial charge is 0.454 e. The standard InChI is InChI=1S/C16H10Cl2O3/c17-12-4-1-10(7-13(12)18)2-5-14(19)11-3-6-15-16(8-11)21-9-20-15/h1-8H,9H2/b5-2+. The highest BCUT2D eigenvalue weighted by molar-refractivity contribution is 6.42. The molecule has 0 atom stereocenters. The molecule has 0 radical (unpaired) electrons. The molecular weight excluding hydrogens is 311 g/mol. The van der Waals surface area contributed by atoms with Gasteiger partial charge in [0.15, 0.2) is 17.3 Å². The highest BCUT2D eigenvalue weighted by atomic mass is 35.5. The van der Waals surface area contributed by atoms with Crippen LogP contribution in [-0.4, -0.2) is 12.6 Å². The van der Waals surface area contributed by atoms with Gasteiger partial charge in [-0.05, 0) is 42.0 Å². The van der Waals surface area contributed by atoms with Crippen LogP contribution >= 0.6 is 23.2 Å². The molecule has 0 spiro atoms. The molecule has 3 rings (SSSR count). The predicted molar refractivity (Wildman–Crippen MR) is 82.4 cm³/mol. The number of carbonyl (C=O) groups excluding carboxylic acids is 1. The zero-order valence-corrected chi connectivity index (χ0v) is 12.3. The van der Waals surface area contributed by atoms with Crippen LogP contribution in [0.3, 0.4) is 0 Å². The normalized spacial score (nSPS) is 12.9. The van der Waals surface area contributed by atoms with Gasteiger partial charge in [0.05, 0.1) is 10.0 Å².